The number of hydrogen-bond acceptors (Lipinski definition) is 8. The largest absolute Gasteiger partial charge is 0.504 e. The zero-order valence-corrected chi connectivity index (χ0v) is 19.7. The van der Waals surface area contributed by atoms with E-state index in [-0.39, 0.29) is 35.1 Å². The highest BCUT2D eigenvalue weighted by Gasteiger charge is 2.29. The van der Waals surface area contributed by atoms with Crippen LogP contribution in [0.3, 0.4) is 0 Å². The summed E-state index contributed by atoms with van der Waals surface area (Å²) in [5.41, 5.74) is -0.790. The van der Waals surface area contributed by atoms with Crippen molar-refractivity contribution in [2.45, 2.75) is 34.1 Å². The fraction of sp³-hybridized carbons (Fsp3) is 0.435. The van der Waals surface area contributed by atoms with Crippen molar-refractivity contribution in [3.05, 3.63) is 39.4 Å². The maximum atomic E-state index is 13.4. The molecule has 2 aromatic carbocycles. The molecule has 11 heteroatoms. The number of carbonyl (C=O) groups excluding carboxylic acids is 3. The van der Waals surface area contributed by atoms with Crippen LogP contribution >= 0.6 is 0 Å². The number of fused-ring (bicyclic) bond motifs is 1. The predicted molar refractivity (Wildman–Crippen MR) is 124 cm³/mol. The monoisotopic (exact) mass is 475 g/mol. The SMILES string of the molecule is CCN(CC)C(=O)c1cc2c([N+](=O)[O-])c(O)c(O)cc2cc1C(=O)N(CC)CCCOC(C)=O. The average molecular weight is 475 g/mol. The Bertz CT molecular complexity index is 1110. The Kier molecular flexibility index (Phi) is 8.76. The van der Waals surface area contributed by atoms with Gasteiger partial charge in [-0.1, -0.05) is 0 Å². The van der Waals surface area contributed by atoms with Crippen LogP contribution in [-0.2, 0) is 9.53 Å². The molecule has 0 saturated heterocycles. The smallest absolute Gasteiger partial charge is 0.322 e. The number of esters is 1. The van der Waals surface area contributed by atoms with Crippen LogP contribution < -0.4 is 0 Å². The van der Waals surface area contributed by atoms with Crippen molar-refractivity contribution in [3.63, 3.8) is 0 Å². The lowest BCUT2D eigenvalue weighted by atomic mass is 9.97. The van der Waals surface area contributed by atoms with Crippen LogP contribution in [0, 0.1) is 10.1 Å². The summed E-state index contributed by atoms with van der Waals surface area (Å²) >= 11 is 0. The van der Waals surface area contributed by atoms with Gasteiger partial charge in [-0.15, -0.1) is 0 Å². The van der Waals surface area contributed by atoms with Gasteiger partial charge in [-0.3, -0.25) is 24.5 Å². The fourth-order valence-electron chi connectivity index (χ4n) is 3.67. The van der Waals surface area contributed by atoms with E-state index < -0.39 is 39.9 Å². The van der Waals surface area contributed by atoms with E-state index in [0.29, 0.717) is 26.1 Å². The molecular formula is C23H29N3O8. The van der Waals surface area contributed by atoms with Crippen molar-refractivity contribution in [3.8, 4) is 11.5 Å². The van der Waals surface area contributed by atoms with Gasteiger partial charge in [0.15, 0.2) is 5.75 Å². The van der Waals surface area contributed by atoms with Crippen LogP contribution in [-0.4, -0.2) is 75.5 Å². The summed E-state index contributed by atoms with van der Waals surface area (Å²) in [6, 6.07) is 3.64. The van der Waals surface area contributed by atoms with E-state index >= 15 is 0 Å². The molecule has 0 spiro atoms. The molecule has 11 nitrogen and oxygen atoms in total. The van der Waals surface area contributed by atoms with Crippen LogP contribution in [0.1, 0.15) is 54.8 Å². The molecule has 34 heavy (non-hydrogen) atoms. The summed E-state index contributed by atoms with van der Waals surface area (Å²) in [4.78, 5) is 51.4. The van der Waals surface area contributed by atoms with Crippen LogP contribution in [0.15, 0.2) is 18.2 Å². The Morgan fingerprint density at radius 2 is 1.53 bits per heavy atom. The Labute approximate surface area is 196 Å². The standard InChI is InChI=1S/C23H29N3O8/c1-5-24(6-2)22(30)18-13-16-15(12-19(28)21(29)20(16)26(32)33)11-17(18)23(31)25(7-3)9-8-10-34-14(4)27/h11-13,28-29H,5-10H2,1-4H3. The van der Waals surface area contributed by atoms with Gasteiger partial charge >= 0.3 is 11.7 Å². The lowest BCUT2D eigenvalue weighted by Gasteiger charge is -2.25. The molecule has 2 rings (SSSR count). The van der Waals surface area contributed by atoms with Crippen LogP contribution in [0.2, 0.25) is 0 Å². The molecule has 2 aromatic rings. The Morgan fingerprint density at radius 3 is 2.06 bits per heavy atom. The van der Waals surface area contributed by atoms with Gasteiger partial charge in [0.25, 0.3) is 11.8 Å². The van der Waals surface area contributed by atoms with Crippen molar-refractivity contribution in [1.82, 2.24) is 9.80 Å². The summed E-state index contributed by atoms with van der Waals surface area (Å²) in [6.45, 7) is 7.96. The van der Waals surface area contributed by atoms with E-state index in [4.69, 9.17) is 4.74 Å². The molecular weight excluding hydrogens is 446 g/mol. The Balaban J connectivity index is 2.67. The molecule has 0 unspecified atom stereocenters. The first-order chi connectivity index (χ1) is 16.1. The van der Waals surface area contributed by atoms with Crippen molar-refractivity contribution in [2.75, 3.05) is 32.8 Å². The number of nitro groups is 1. The third-order valence-corrected chi connectivity index (χ3v) is 5.44. The third-order valence-electron chi connectivity index (χ3n) is 5.44. The van der Waals surface area contributed by atoms with Crippen molar-refractivity contribution in [1.29, 1.82) is 0 Å². The van der Waals surface area contributed by atoms with Gasteiger partial charge in [-0.25, -0.2) is 0 Å². The highest BCUT2D eigenvalue weighted by molar-refractivity contribution is 6.12. The van der Waals surface area contributed by atoms with E-state index in [1.807, 2.05) is 0 Å². The number of nitrogens with zero attached hydrogens (tertiary/aromatic N) is 3. The number of benzene rings is 2. The second-order valence-electron chi connectivity index (χ2n) is 7.52. The van der Waals surface area contributed by atoms with Crippen molar-refractivity contribution < 1.29 is 34.3 Å². The van der Waals surface area contributed by atoms with E-state index in [9.17, 15) is 34.7 Å². The number of phenols is 2. The number of aromatic hydroxyl groups is 2. The molecule has 0 aliphatic heterocycles. The second-order valence-corrected chi connectivity index (χ2v) is 7.52. The summed E-state index contributed by atoms with van der Waals surface area (Å²) in [5, 5.41) is 31.7. The molecule has 0 bridgehead atoms. The first-order valence-corrected chi connectivity index (χ1v) is 11.0. The number of carbonyl (C=O) groups is 3. The van der Waals surface area contributed by atoms with Gasteiger partial charge in [-0.2, -0.15) is 0 Å². The van der Waals surface area contributed by atoms with Crippen LogP contribution in [0.25, 0.3) is 10.8 Å². The molecule has 2 amide bonds. The van der Waals surface area contributed by atoms with E-state index in [2.05, 4.69) is 0 Å². The zero-order chi connectivity index (χ0) is 25.6. The average Bonchev–Trinajstić information content (AvgIpc) is 2.79. The lowest BCUT2D eigenvalue weighted by molar-refractivity contribution is -0.384. The zero-order valence-electron chi connectivity index (χ0n) is 19.7. The number of ether oxygens (including phenoxy) is 1. The Morgan fingerprint density at radius 1 is 0.971 bits per heavy atom. The minimum atomic E-state index is -0.918. The highest BCUT2D eigenvalue weighted by Crippen LogP contribution is 2.42. The van der Waals surface area contributed by atoms with Gasteiger partial charge in [0, 0.05) is 33.1 Å². The predicted octanol–water partition coefficient (Wildman–Crippen LogP) is 3.06. The summed E-state index contributed by atoms with van der Waals surface area (Å²) in [5.74, 6) is -3.04. The summed E-state index contributed by atoms with van der Waals surface area (Å²) < 4.78 is 4.91. The molecule has 0 aromatic heterocycles. The molecule has 2 N–H and O–H groups in total. The molecule has 0 fully saturated rings. The molecule has 0 radical (unpaired) electrons. The number of rotatable bonds is 10. The van der Waals surface area contributed by atoms with Gasteiger partial charge in [0.05, 0.1) is 28.0 Å². The molecule has 0 aliphatic carbocycles. The number of phenolic OH excluding ortho intramolecular Hbond substituents is 2. The van der Waals surface area contributed by atoms with Gasteiger partial charge in [0.1, 0.15) is 0 Å². The molecule has 184 valence electrons. The quantitative estimate of drug-likeness (QED) is 0.175. The third kappa shape index (κ3) is 5.53. The molecule has 0 atom stereocenters. The van der Waals surface area contributed by atoms with E-state index in [1.165, 1.54) is 28.9 Å². The summed E-state index contributed by atoms with van der Waals surface area (Å²) in [7, 11) is 0. The van der Waals surface area contributed by atoms with Crippen molar-refractivity contribution in [2.24, 2.45) is 0 Å². The van der Waals surface area contributed by atoms with E-state index in [0.717, 1.165) is 6.07 Å². The molecule has 0 aliphatic rings. The van der Waals surface area contributed by atoms with Crippen molar-refractivity contribution >= 4 is 34.2 Å². The highest BCUT2D eigenvalue weighted by atomic mass is 16.6. The van der Waals surface area contributed by atoms with Gasteiger partial charge in [0.2, 0.25) is 5.75 Å². The first kappa shape index (κ1) is 26.4. The first-order valence-electron chi connectivity index (χ1n) is 11.0. The summed E-state index contributed by atoms with van der Waals surface area (Å²) in [6.07, 6.45) is 0.381. The lowest BCUT2D eigenvalue weighted by Crippen LogP contribution is -2.36. The second kappa shape index (κ2) is 11.3. The minimum absolute atomic E-state index is 0.0122. The number of hydrogen-bond donors (Lipinski definition) is 2. The number of amides is 2. The molecule has 0 saturated carbocycles. The number of nitro benzene ring substituents is 1. The van der Waals surface area contributed by atoms with E-state index in [1.54, 1.807) is 20.8 Å². The topological polar surface area (TPSA) is 151 Å². The fourth-order valence-corrected chi connectivity index (χ4v) is 3.67. The maximum Gasteiger partial charge on any atom is 0.322 e. The molecule has 0 heterocycles. The van der Waals surface area contributed by atoms with Crippen LogP contribution in [0.4, 0.5) is 5.69 Å². The minimum Gasteiger partial charge on any atom is -0.504 e. The maximum absolute atomic E-state index is 13.4. The Hall–Kier alpha value is -3.89. The van der Waals surface area contributed by atoms with Gasteiger partial charge < -0.3 is 24.7 Å². The van der Waals surface area contributed by atoms with Crippen LogP contribution in [0.5, 0.6) is 11.5 Å². The normalized spacial score (nSPS) is 10.7. The van der Waals surface area contributed by atoms with Gasteiger partial charge in [-0.05, 0) is 50.8 Å².